The molecule has 0 unspecified atom stereocenters. The Kier molecular flexibility index (Phi) is 6.03. The Hall–Kier alpha value is -2.93. The maximum absolute atomic E-state index is 13.3. The van der Waals surface area contributed by atoms with Crippen LogP contribution in [0.2, 0.25) is 0 Å². The summed E-state index contributed by atoms with van der Waals surface area (Å²) >= 11 is 1.22. The number of carbonyl (C=O) groups excluding carboxylic acids is 1. The third kappa shape index (κ3) is 5.04. The second-order valence-electron chi connectivity index (χ2n) is 5.84. The van der Waals surface area contributed by atoms with Gasteiger partial charge in [-0.05, 0) is 49.2 Å². The van der Waals surface area contributed by atoms with E-state index in [9.17, 15) is 9.18 Å². The van der Waals surface area contributed by atoms with Gasteiger partial charge in [-0.15, -0.1) is 0 Å². The maximum atomic E-state index is 13.3. The Labute approximate surface area is 161 Å². The number of rotatable bonds is 6. The van der Waals surface area contributed by atoms with Crippen molar-refractivity contribution in [2.45, 2.75) is 18.9 Å². The molecule has 2 aromatic carbocycles. The van der Waals surface area contributed by atoms with E-state index in [1.165, 1.54) is 23.9 Å². The molecule has 5 nitrogen and oxygen atoms in total. The Morgan fingerprint density at radius 1 is 1.11 bits per heavy atom. The minimum absolute atomic E-state index is 0.124. The van der Waals surface area contributed by atoms with Crippen LogP contribution in [-0.4, -0.2) is 21.6 Å². The van der Waals surface area contributed by atoms with E-state index in [1.807, 2.05) is 31.2 Å². The molecule has 0 saturated carbocycles. The molecule has 0 aliphatic rings. The fourth-order valence-corrected chi connectivity index (χ4v) is 3.00. The number of nitrogens with zero attached hydrogens (tertiary/aromatic N) is 2. The van der Waals surface area contributed by atoms with Gasteiger partial charge in [-0.3, -0.25) is 4.79 Å². The van der Waals surface area contributed by atoms with Gasteiger partial charge in [0.25, 0.3) is 5.88 Å². The van der Waals surface area contributed by atoms with Crippen LogP contribution < -0.4 is 10.1 Å². The molecule has 0 fully saturated rings. The van der Waals surface area contributed by atoms with Crippen LogP contribution >= 0.6 is 11.8 Å². The Bertz CT molecular complexity index is 965. The summed E-state index contributed by atoms with van der Waals surface area (Å²) in [6.45, 7) is 3.59. The average Bonchev–Trinajstić information content (AvgIpc) is 2.66. The van der Waals surface area contributed by atoms with Crippen molar-refractivity contribution >= 4 is 23.4 Å². The lowest BCUT2D eigenvalue weighted by atomic mass is 10.2. The van der Waals surface area contributed by atoms with Gasteiger partial charge < -0.3 is 10.1 Å². The Morgan fingerprint density at radius 2 is 1.89 bits per heavy atom. The fourth-order valence-electron chi connectivity index (χ4n) is 2.31. The van der Waals surface area contributed by atoms with Crippen LogP contribution in [0.5, 0.6) is 11.6 Å². The van der Waals surface area contributed by atoms with Gasteiger partial charge in [-0.25, -0.2) is 14.4 Å². The molecule has 3 aromatic rings. The molecule has 0 bridgehead atoms. The van der Waals surface area contributed by atoms with E-state index in [-0.39, 0.29) is 17.5 Å². The molecule has 1 heterocycles. The fraction of sp³-hybridized carbons (Fsp3) is 0.150. The van der Waals surface area contributed by atoms with Crippen molar-refractivity contribution in [3.63, 3.8) is 0 Å². The topological polar surface area (TPSA) is 64.1 Å². The van der Waals surface area contributed by atoms with Crippen molar-refractivity contribution in [2.24, 2.45) is 0 Å². The first-order chi connectivity index (χ1) is 13.0. The summed E-state index contributed by atoms with van der Waals surface area (Å²) in [6.07, 6.45) is 3.09. The predicted octanol–water partition coefficient (Wildman–Crippen LogP) is 4.76. The number of thioether (sulfide) groups is 1. The van der Waals surface area contributed by atoms with Gasteiger partial charge in [-0.2, -0.15) is 0 Å². The van der Waals surface area contributed by atoms with Gasteiger partial charge >= 0.3 is 0 Å². The van der Waals surface area contributed by atoms with Gasteiger partial charge in [0.15, 0.2) is 5.03 Å². The summed E-state index contributed by atoms with van der Waals surface area (Å²) in [5.41, 5.74) is 2.00. The molecular formula is C20H18FN3O2S. The molecule has 0 aliphatic heterocycles. The second-order valence-corrected chi connectivity index (χ2v) is 6.80. The number of nitrogens with one attached hydrogen (secondary N) is 1. The van der Waals surface area contributed by atoms with Crippen molar-refractivity contribution in [2.75, 3.05) is 11.1 Å². The van der Waals surface area contributed by atoms with E-state index in [0.29, 0.717) is 27.9 Å². The van der Waals surface area contributed by atoms with E-state index < -0.39 is 0 Å². The minimum atomic E-state index is -0.306. The first kappa shape index (κ1) is 18.8. The number of amides is 1. The molecule has 0 aliphatic carbocycles. The number of benzene rings is 2. The molecule has 0 atom stereocenters. The summed E-state index contributed by atoms with van der Waals surface area (Å²) in [4.78, 5) is 20.7. The molecule has 7 heteroatoms. The van der Waals surface area contributed by atoms with E-state index in [0.717, 1.165) is 5.56 Å². The minimum Gasteiger partial charge on any atom is -0.436 e. The van der Waals surface area contributed by atoms with E-state index >= 15 is 0 Å². The number of para-hydroxylation sites is 1. The van der Waals surface area contributed by atoms with Crippen LogP contribution in [0.1, 0.15) is 11.1 Å². The number of ether oxygens (including phenoxy) is 1. The number of halogens is 1. The summed E-state index contributed by atoms with van der Waals surface area (Å²) in [7, 11) is 0. The van der Waals surface area contributed by atoms with Crippen molar-refractivity contribution in [1.29, 1.82) is 0 Å². The van der Waals surface area contributed by atoms with Crippen molar-refractivity contribution in [3.05, 3.63) is 71.8 Å². The highest BCUT2D eigenvalue weighted by molar-refractivity contribution is 8.00. The summed E-state index contributed by atoms with van der Waals surface area (Å²) < 4.78 is 19.2. The van der Waals surface area contributed by atoms with E-state index in [1.54, 1.807) is 25.4 Å². The Balaban J connectivity index is 1.65. The number of aromatic nitrogens is 2. The standard InChI is InChI=1S/C20H18FN3O2S/c1-13-5-3-4-6-17(13)26-19-20(23-10-9-22-19)27-12-18(25)24-15-7-8-16(21)14(2)11-15/h3-11H,12H2,1-2H3,(H,24,25). The molecule has 1 aromatic heterocycles. The molecular weight excluding hydrogens is 365 g/mol. The molecule has 0 saturated heterocycles. The van der Waals surface area contributed by atoms with Crippen LogP contribution in [0.15, 0.2) is 59.9 Å². The monoisotopic (exact) mass is 383 g/mol. The number of hydrogen-bond donors (Lipinski definition) is 1. The smallest absolute Gasteiger partial charge is 0.252 e. The maximum Gasteiger partial charge on any atom is 0.252 e. The van der Waals surface area contributed by atoms with Gasteiger partial charge in [0.1, 0.15) is 11.6 Å². The van der Waals surface area contributed by atoms with Crippen molar-refractivity contribution < 1.29 is 13.9 Å². The van der Waals surface area contributed by atoms with Gasteiger partial charge in [0.05, 0.1) is 5.75 Å². The predicted molar refractivity (Wildman–Crippen MR) is 104 cm³/mol. The zero-order valence-electron chi connectivity index (χ0n) is 14.9. The molecule has 1 amide bonds. The molecule has 3 rings (SSSR count). The normalized spacial score (nSPS) is 10.5. The van der Waals surface area contributed by atoms with Crippen LogP contribution in [0.3, 0.4) is 0 Å². The highest BCUT2D eigenvalue weighted by Gasteiger charge is 2.12. The second kappa shape index (κ2) is 8.64. The zero-order valence-corrected chi connectivity index (χ0v) is 15.7. The summed E-state index contributed by atoms with van der Waals surface area (Å²) in [5.74, 6) is 0.631. The van der Waals surface area contributed by atoms with Gasteiger partial charge in [0, 0.05) is 18.1 Å². The highest BCUT2D eigenvalue weighted by Crippen LogP contribution is 2.30. The SMILES string of the molecule is Cc1cc(NC(=O)CSc2nccnc2Oc2ccccc2C)ccc1F. The lowest BCUT2D eigenvalue weighted by Gasteiger charge is -2.10. The third-order valence-corrected chi connectivity index (χ3v) is 4.68. The lowest BCUT2D eigenvalue weighted by molar-refractivity contribution is -0.113. The van der Waals surface area contributed by atoms with Gasteiger partial charge in [-0.1, -0.05) is 30.0 Å². The molecule has 27 heavy (non-hydrogen) atoms. The number of carbonyl (C=O) groups is 1. The first-order valence-corrected chi connectivity index (χ1v) is 9.25. The highest BCUT2D eigenvalue weighted by atomic mass is 32.2. The number of aryl methyl sites for hydroxylation is 2. The third-order valence-electron chi connectivity index (χ3n) is 3.72. The van der Waals surface area contributed by atoms with Crippen molar-refractivity contribution in [1.82, 2.24) is 9.97 Å². The van der Waals surface area contributed by atoms with Gasteiger partial charge in [0.2, 0.25) is 5.91 Å². The summed E-state index contributed by atoms with van der Waals surface area (Å²) in [5, 5.41) is 3.26. The van der Waals surface area contributed by atoms with Crippen molar-refractivity contribution in [3.8, 4) is 11.6 Å². The van der Waals surface area contributed by atoms with Crippen LogP contribution in [0.4, 0.5) is 10.1 Å². The molecule has 138 valence electrons. The van der Waals surface area contributed by atoms with E-state index in [4.69, 9.17) is 4.74 Å². The van der Waals surface area contributed by atoms with Crippen LogP contribution in [0, 0.1) is 19.7 Å². The zero-order chi connectivity index (χ0) is 19.2. The number of hydrogen-bond acceptors (Lipinski definition) is 5. The largest absolute Gasteiger partial charge is 0.436 e. The number of anilines is 1. The molecule has 0 radical (unpaired) electrons. The molecule has 0 spiro atoms. The van der Waals surface area contributed by atoms with Crippen LogP contribution in [0.25, 0.3) is 0 Å². The summed E-state index contributed by atoms with van der Waals surface area (Å²) in [6, 6.07) is 12.0. The van der Waals surface area contributed by atoms with Crippen LogP contribution in [-0.2, 0) is 4.79 Å². The quantitative estimate of drug-likeness (QED) is 0.622. The average molecular weight is 383 g/mol. The Morgan fingerprint density at radius 3 is 2.67 bits per heavy atom. The van der Waals surface area contributed by atoms with E-state index in [2.05, 4.69) is 15.3 Å². The molecule has 1 N–H and O–H groups in total. The first-order valence-electron chi connectivity index (χ1n) is 8.26. The lowest BCUT2D eigenvalue weighted by Crippen LogP contribution is -2.14.